The van der Waals surface area contributed by atoms with Crippen LogP contribution in [0.1, 0.15) is 0 Å². The lowest BCUT2D eigenvalue weighted by atomic mass is 10.3. The van der Waals surface area contributed by atoms with Crippen LogP contribution in [0.4, 0.5) is 0 Å². The zero-order valence-electron chi connectivity index (χ0n) is 9.70. The molecule has 18 heavy (non-hydrogen) atoms. The van der Waals surface area contributed by atoms with Gasteiger partial charge in [0, 0.05) is 6.54 Å². The fourth-order valence-electron chi connectivity index (χ4n) is 1.19. The van der Waals surface area contributed by atoms with Gasteiger partial charge in [-0.05, 0) is 12.1 Å². The fourth-order valence-corrected chi connectivity index (χ4v) is 2.41. The molecule has 3 N–H and O–H groups in total. The van der Waals surface area contributed by atoms with E-state index in [-0.39, 0.29) is 23.8 Å². The van der Waals surface area contributed by atoms with E-state index >= 15 is 0 Å². The maximum atomic E-state index is 11.8. The average Bonchev–Trinajstić information content (AvgIpc) is 2.36. The van der Waals surface area contributed by atoms with Gasteiger partial charge in [-0.3, -0.25) is 4.79 Å². The normalized spacial score (nSPS) is 12.3. The number of methoxy groups -OCH3 is 1. The number of hydrogen-bond donors (Lipinski definition) is 2. The van der Waals surface area contributed by atoms with Crippen LogP contribution in [0.3, 0.4) is 0 Å². The zero-order chi connectivity index (χ0) is 12.9. The van der Waals surface area contributed by atoms with E-state index < -0.39 is 22.0 Å². The Morgan fingerprint density at radius 3 is 2.39 bits per heavy atom. The van der Waals surface area contributed by atoms with Gasteiger partial charge in [0.25, 0.3) is 0 Å². The molecule has 0 amide bonds. The summed E-state index contributed by atoms with van der Waals surface area (Å²) in [6.07, 6.45) is 0. The number of hydrogen-bond acceptors (Lipinski definition) is 5. The Labute approximate surface area is 112 Å². The van der Waals surface area contributed by atoms with Crippen molar-refractivity contribution in [3.05, 3.63) is 30.3 Å². The highest BCUT2D eigenvalue weighted by Gasteiger charge is 2.24. The number of nitrogens with one attached hydrogen (secondary N) is 1. The highest BCUT2D eigenvalue weighted by Crippen LogP contribution is 2.08. The molecule has 1 aromatic carbocycles. The lowest BCUT2D eigenvalue weighted by molar-refractivity contribution is -0.142. The van der Waals surface area contributed by atoms with E-state index in [4.69, 9.17) is 5.73 Å². The van der Waals surface area contributed by atoms with E-state index in [0.717, 1.165) is 0 Å². The van der Waals surface area contributed by atoms with Gasteiger partial charge in [-0.1, -0.05) is 18.2 Å². The molecule has 0 saturated heterocycles. The van der Waals surface area contributed by atoms with E-state index in [2.05, 4.69) is 9.46 Å². The van der Waals surface area contributed by atoms with Crippen molar-refractivity contribution >= 4 is 28.4 Å². The van der Waals surface area contributed by atoms with E-state index in [1.165, 1.54) is 19.2 Å². The molecule has 1 unspecified atom stereocenters. The minimum absolute atomic E-state index is 0. The van der Waals surface area contributed by atoms with Gasteiger partial charge < -0.3 is 10.5 Å². The first kappa shape index (κ1) is 16.9. The molecular formula is C10H15ClN2O4S. The largest absolute Gasteiger partial charge is 0.468 e. The van der Waals surface area contributed by atoms with Crippen molar-refractivity contribution in [2.45, 2.75) is 10.9 Å². The summed E-state index contributed by atoms with van der Waals surface area (Å²) in [4.78, 5) is 11.3. The number of sulfonamides is 1. The second-order valence-corrected chi connectivity index (χ2v) is 4.96. The van der Waals surface area contributed by atoms with Gasteiger partial charge >= 0.3 is 5.97 Å². The predicted molar refractivity (Wildman–Crippen MR) is 68.9 cm³/mol. The van der Waals surface area contributed by atoms with E-state index in [9.17, 15) is 13.2 Å². The Hall–Kier alpha value is -1.15. The minimum atomic E-state index is -3.76. The van der Waals surface area contributed by atoms with Crippen molar-refractivity contribution < 1.29 is 17.9 Å². The molecule has 1 aromatic rings. The molecule has 102 valence electrons. The molecule has 0 aliphatic rings. The van der Waals surface area contributed by atoms with Crippen molar-refractivity contribution in [1.29, 1.82) is 0 Å². The molecule has 8 heteroatoms. The first-order chi connectivity index (χ1) is 8.01. The molecule has 1 atom stereocenters. The molecule has 0 saturated carbocycles. The number of esters is 1. The molecule has 0 heterocycles. The smallest absolute Gasteiger partial charge is 0.325 e. The van der Waals surface area contributed by atoms with Crippen LogP contribution in [0.15, 0.2) is 35.2 Å². The predicted octanol–water partition coefficient (Wildman–Crippen LogP) is -0.113. The molecular weight excluding hydrogens is 280 g/mol. The quantitative estimate of drug-likeness (QED) is 0.738. The lowest BCUT2D eigenvalue weighted by Gasteiger charge is -2.14. The third-order valence-corrected chi connectivity index (χ3v) is 3.56. The van der Waals surface area contributed by atoms with Gasteiger partial charge in [-0.15, -0.1) is 12.4 Å². The molecule has 0 fully saturated rings. The van der Waals surface area contributed by atoms with Crippen LogP contribution in [-0.4, -0.2) is 34.1 Å². The summed E-state index contributed by atoms with van der Waals surface area (Å²) in [6.45, 7) is -0.168. The van der Waals surface area contributed by atoms with E-state index in [1.807, 2.05) is 0 Å². The number of halogens is 1. The highest BCUT2D eigenvalue weighted by atomic mass is 35.5. The Bertz CT molecular complexity index is 478. The van der Waals surface area contributed by atoms with Gasteiger partial charge in [0.2, 0.25) is 10.0 Å². The maximum Gasteiger partial charge on any atom is 0.325 e. The second kappa shape index (κ2) is 7.32. The third-order valence-electron chi connectivity index (χ3n) is 2.07. The van der Waals surface area contributed by atoms with Crippen LogP contribution in [0.5, 0.6) is 0 Å². The van der Waals surface area contributed by atoms with Crippen LogP contribution in [0.25, 0.3) is 0 Å². The van der Waals surface area contributed by atoms with Crippen molar-refractivity contribution in [1.82, 2.24) is 4.72 Å². The molecule has 0 bridgehead atoms. The summed E-state index contributed by atoms with van der Waals surface area (Å²) in [5, 5.41) is 0. The first-order valence-corrected chi connectivity index (χ1v) is 6.35. The lowest BCUT2D eigenvalue weighted by Crippen LogP contribution is -2.46. The summed E-state index contributed by atoms with van der Waals surface area (Å²) in [7, 11) is -2.59. The summed E-state index contributed by atoms with van der Waals surface area (Å²) >= 11 is 0. The Balaban J connectivity index is 0.00000289. The summed E-state index contributed by atoms with van der Waals surface area (Å²) in [5.74, 6) is -0.716. The van der Waals surface area contributed by atoms with Crippen LogP contribution in [-0.2, 0) is 19.6 Å². The van der Waals surface area contributed by atoms with Crippen LogP contribution < -0.4 is 10.5 Å². The highest BCUT2D eigenvalue weighted by molar-refractivity contribution is 7.89. The Morgan fingerprint density at radius 1 is 1.39 bits per heavy atom. The third kappa shape index (κ3) is 4.26. The summed E-state index contributed by atoms with van der Waals surface area (Å²) < 4.78 is 30.3. The van der Waals surface area contributed by atoms with Crippen LogP contribution >= 0.6 is 12.4 Å². The molecule has 0 spiro atoms. The zero-order valence-corrected chi connectivity index (χ0v) is 11.3. The van der Waals surface area contributed by atoms with Gasteiger partial charge in [0.05, 0.1) is 12.0 Å². The van der Waals surface area contributed by atoms with Gasteiger partial charge in [0.1, 0.15) is 6.04 Å². The SMILES string of the molecule is COC(=O)C(CN)NS(=O)(=O)c1ccccc1.Cl. The summed E-state index contributed by atoms with van der Waals surface area (Å²) in [6, 6.07) is 6.64. The number of ether oxygens (including phenoxy) is 1. The number of carbonyl (C=O) groups is 1. The van der Waals surface area contributed by atoms with E-state index in [0.29, 0.717) is 0 Å². The topological polar surface area (TPSA) is 98.5 Å². The van der Waals surface area contributed by atoms with Crippen molar-refractivity contribution in [2.24, 2.45) is 5.73 Å². The monoisotopic (exact) mass is 294 g/mol. The number of benzene rings is 1. The second-order valence-electron chi connectivity index (χ2n) is 3.25. The Kier molecular flexibility index (Phi) is 6.85. The number of carbonyl (C=O) groups excluding carboxylic acids is 1. The number of nitrogens with two attached hydrogens (primary N) is 1. The molecule has 6 nitrogen and oxygen atoms in total. The van der Waals surface area contributed by atoms with Crippen LogP contribution in [0, 0.1) is 0 Å². The van der Waals surface area contributed by atoms with Crippen LogP contribution in [0.2, 0.25) is 0 Å². The average molecular weight is 295 g/mol. The first-order valence-electron chi connectivity index (χ1n) is 4.86. The van der Waals surface area contributed by atoms with Gasteiger partial charge in [0.15, 0.2) is 0 Å². The minimum Gasteiger partial charge on any atom is -0.468 e. The fraction of sp³-hybridized carbons (Fsp3) is 0.300. The van der Waals surface area contributed by atoms with Crippen molar-refractivity contribution in [3.63, 3.8) is 0 Å². The molecule has 1 rings (SSSR count). The molecule has 0 radical (unpaired) electrons. The number of rotatable bonds is 5. The molecule has 0 aliphatic carbocycles. The van der Waals surface area contributed by atoms with Crippen molar-refractivity contribution in [3.8, 4) is 0 Å². The Morgan fingerprint density at radius 2 is 1.94 bits per heavy atom. The van der Waals surface area contributed by atoms with Gasteiger partial charge in [-0.25, -0.2) is 8.42 Å². The van der Waals surface area contributed by atoms with Gasteiger partial charge in [-0.2, -0.15) is 4.72 Å². The molecule has 0 aliphatic heterocycles. The van der Waals surface area contributed by atoms with Crippen molar-refractivity contribution in [2.75, 3.05) is 13.7 Å². The van der Waals surface area contributed by atoms with E-state index in [1.54, 1.807) is 18.2 Å². The molecule has 0 aromatic heterocycles. The maximum absolute atomic E-state index is 11.8. The standard InChI is InChI=1S/C10H14N2O4S.ClH/c1-16-10(13)9(7-11)12-17(14,15)8-5-3-2-4-6-8;/h2-6,9,12H,7,11H2,1H3;1H. The summed E-state index contributed by atoms with van der Waals surface area (Å²) in [5.41, 5.74) is 5.31.